The van der Waals surface area contributed by atoms with Crippen molar-refractivity contribution < 1.29 is 13.2 Å². The van der Waals surface area contributed by atoms with Crippen LogP contribution in [0.3, 0.4) is 0 Å². The van der Waals surface area contributed by atoms with E-state index in [2.05, 4.69) is 4.90 Å². The Morgan fingerprint density at radius 3 is 2.50 bits per heavy atom. The van der Waals surface area contributed by atoms with Gasteiger partial charge >= 0.3 is 0 Å². The molecule has 5 heteroatoms. The van der Waals surface area contributed by atoms with Crippen molar-refractivity contribution in [2.75, 3.05) is 31.4 Å². The van der Waals surface area contributed by atoms with Crippen LogP contribution in [0.5, 0.6) is 5.75 Å². The van der Waals surface area contributed by atoms with Crippen molar-refractivity contribution in [3.8, 4) is 5.75 Å². The summed E-state index contributed by atoms with van der Waals surface area (Å²) >= 11 is 0. The van der Waals surface area contributed by atoms with Crippen molar-refractivity contribution in [3.05, 3.63) is 24.3 Å². The molecule has 0 aromatic heterocycles. The number of hydrogen-bond acceptors (Lipinski definition) is 4. The first-order valence-corrected chi connectivity index (χ1v) is 8.04. The molecule has 0 atom stereocenters. The Morgan fingerprint density at radius 1 is 1.28 bits per heavy atom. The Morgan fingerprint density at radius 2 is 1.94 bits per heavy atom. The van der Waals surface area contributed by atoms with Crippen LogP contribution in [0.4, 0.5) is 5.69 Å². The number of ether oxygens (including phenoxy) is 1. The van der Waals surface area contributed by atoms with Crippen molar-refractivity contribution >= 4 is 15.5 Å². The summed E-state index contributed by atoms with van der Waals surface area (Å²) in [4.78, 5) is 2.21. The van der Waals surface area contributed by atoms with E-state index in [1.165, 1.54) is 6.26 Å². The first-order valence-electron chi connectivity index (χ1n) is 6.08. The third-order valence-corrected chi connectivity index (χ3v) is 5.15. The van der Waals surface area contributed by atoms with E-state index >= 15 is 0 Å². The van der Waals surface area contributed by atoms with Gasteiger partial charge in [-0.05, 0) is 25.0 Å². The summed E-state index contributed by atoms with van der Waals surface area (Å²) in [5, 5.41) is -0.181. The van der Waals surface area contributed by atoms with Gasteiger partial charge in [0.1, 0.15) is 15.6 Å². The Hall–Kier alpha value is -1.23. The molecule has 4 nitrogen and oxygen atoms in total. The third-order valence-electron chi connectivity index (χ3n) is 3.47. The Bertz CT molecular complexity index is 505. The second-order valence-electron chi connectivity index (χ2n) is 4.72. The maximum absolute atomic E-state index is 11.5. The van der Waals surface area contributed by atoms with Crippen molar-refractivity contribution in [2.24, 2.45) is 0 Å². The lowest BCUT2D eigenvalue weighted by Crippen LogP contribution is -2.39. The normalized spacial score (nSPS) is 17.8. The van der Waals surface area contributed by atoms with Gasteiger partial charge in [-0.3, -0.25) is 0 Å². The molecule has 0 bridgehead atoms. The molecule has 1 aromatic rings. The van der Waals surface area contributed by atoms with Gasteiger partial charge in [0.05, 0.1) is 12.4 Å². The number of hydrogen-bond donors (Lipinski definition) is 0. The van der Waals surface area contributed by atoms with E-state index in [0.29, 0.717) is 12.8 Å². The molecule has 0 aliphatic carbocycles. The lowest BCUT2D eigenvalue weighted by molar-refractivity contribution is 0.414. The summed E-state index contributed by atoms with van der Waals surface area (Å²) in [5.41, 5.74) is 1.10. The molecule has 1 aliphatic heterocycles. The van der Waals surface area contributed by atoms with Gasteiger partial charge in [0, 0.05) is 31.1 Å². The van der Waals surface area contributed by atoms with E-state index in [4.69, 9.17) is 4.74 Å². The highest BCUT2D eigenvalue weighted by atomic mass is 32.2. The standard InChI is InChI=1S/C13H19NO3S/c1-17-12-5-3-4-11(10-12)14-8-6-13(7-9-14)18(2,15)16/h3-5,10,13H,6-9H2,1-2H3. The van der Waals surface area contributed by atoms with Gasteiger partial charge in [0.15, 0.2) is 0 Å². The summed E-state index contributed by atoms with van der Waals surface area (Å²) in [6.07, 6.45) is 2.74. The zero-order valence-electron chi connectivity index (χ0n) is 10.8. The molecular formula is C13H19NO3S. The number of sulfone groups is 1. The van der Waals surface area contributed by atoms with Gasteiger partial charge < -0.3 is 9.64 Å². The van der Waals surface area contributed by atoms with Crippen LogP contribution in [-0.4, -0.2) is 40.1 Å². The number of benzene rings is 1. The van der Waals surface area contributed by atoms with Crippen LogP contribution in [-0.2, 0) is 9.84 Å². The number of nitrogens with zero attached hydrogens (tertiary/aromatic N) is 1. The van der Waals surface area contributed by atoms with Gasteiger partial charge in [0.2, 0.25) is 0 Å². The topological polar surface area (TPSA) is 46.6 Å². The lowest BCUT2D eigenvalue weighted by atomic mass is 10.1. The largest absolute Gasteiger partial charge is 0.497 e. The predicted octanol–water partition coefficient (Wildman–Crippen LogP) is 1.71. The number of anilines is 1. The quantitative estimate of drug-likeness (QED) is 0.838. The fourth-order valence-corrected chi connectivity index (χ4v) is 3.42. The van der Waals surface area contributed by atoms with Crippen LogP contribution in [0.25, 0.3) is 0 Å². The zero-order chi connectivity index (χ0) is 13.2. The highest BCUT2D eigenvalue weighted by Crippen LogP contribution is 2.25. The molecular weight excluding hydrogens is 250 g/mol. The van der Waals surface area contributed by atoms with Crippen LogP contribution in [0, 0.1) is 0 Å². The predicted molar refractivity (Wildman–Crippen MR) is 73.1 cm³/mol. The fraction of sp³-hybridized carbons (Fsp3) is 0.538. The third kappa shape index (κ3) is 2.96. The van der Waals surface area contributed by atoms with Crippen molar-refractivity contribution in [1.29, 1.82) is 0 Å². The van der Waals surface area contributed by atoms with Crippen molar-refractivity contribution in [3.63, 3.8) is 0 Å². The molecule has 1 heterocycles. The second kappa shape index (κ2) is 5.18. The Kier molecular flexibility index (Phi) is 3.80. The summed E-state index contributed by atoms with van der Waals surface area (Å²) in [6, 6.07) is 7.88. The summed E-state index contributed by atoms with van der Waals surface area (Å²) in [5.74, 6) is 0.831. The highest BCUT2D eigenvalue weighted by molar-refractivity contribution is 7.91. The van der Waals surface area contributed by atoms with E-state index in [0.717, 1.165) is 24.5 Å². The molecule has 1 aromatic carbocycles. The number of piperidine rings is 1. The molecule has 0 radical (unpaired) electrons. The zero-order valence-corrected chi connectivity index (χ0v) is 11.6. The first kappa shape index (κ1) is 13.2. The van der Waals surface area contributed by atoms with E-state index in [9.17, 15) is 8.42 Å². The average Bonchev–Trinajstić information content (AvgIpc) is 2.38. The smallest absolute Gasteiger partial charge is 0.150 e. The van der Waals surface area contributed by atoms with E-state index in [1.807, 2.05) is 24.3 Å². The average molecular weight is 269 g/mol. The maximum atomic E-state index is 11.5. The molecule has 0 unspecified atom stereocenters. The van der Waals surface area contributed by atoms with Crippen LogP contribution < -0.4 is 9.64 Å². The molecule has 18 heavy (non-hydrogen) atoms. The van der Waals surface area contributed by atoms with Gasteiger partial charge in [-0.15, -0.1) is 0 Å². The summed E-state index contributed by atoms with van der Waals surface area (Å²) in [6.45, 7) is 1.57. The van der Waals surface area contributed by atoms with Crippen LogP contribution >= 0.6 is 0 Å². The molecule has 0 amide bonds. The maximum Gasteiger partial charge on any atom is 0.150 e. The van der Waals surface area contributed by atoms with Crippen LogP contribution in [0.2, 0.25) is 0 Å². The second-order valence-corrected chi connectivity index (χ2v) is 7.04. The van der Waals surface area contributed by atoms with Gasteiger partial charge in [-0.1, -0.05) is 6.07 Å². The molecule has 1 saturated heterocycles. The molecule has 100 valence electrons. The van der Waals surface area contributed by atoms with Gasteiger partial charge in [0.25, 0.3) is 0 Å². The monoisotopic (exact) mass is 269 g/mol. The first-order chi connectivity index (χ1) is 8.50. The minimum absolute atomic E-state index is 0.181. The van der Waals surface area contributed by atoms with Crippen molar-refractivity contribution in [2.45, 2.75) is 18.1 Å². The molecule has 1 fully saturated rings. The number of methoxy groups -OCH3 is 1. The molecule has 0 saturated carbocycles. The summed E-state index contributed by atoms with van der Waals surface area (Å²) in [7, 11) is -1.25. The van der Waals surface area contributed by atoms with Crippen molar-refractivity contribution in [1.82, 2.24) is 0 Å². The minimum atomic E-state index is -2.90. The van der Waals surface area contributed by atoms with Crippen LogP contribution in [0.15, 0.2) is 24.3 Å². The van der Waals surface area contributed by atoms with Crippen LogP contribution in [0.1, 0.15) is 12.8 Å². The molecule has 0 N–H and O–H groups in total. The van der Waals surface area contributed by atoms with E-state index in [1.54, 1.807) is 7.11 Å². The van der Waals surface area contributed by atoms with E-state index < -0.39 is 9.84 Å². The van der Waals surface area contributed by atoms with Gasteiger partial charge in [-0.25, -0.2) is 8.42 Å². The molecule has 0 spiro atoms. The minimum Gasteiger partial charge on any atom is -0.497 e. The Balaban J connectivity index is 2.05. The van der Waals surface area contributed by atoms with E-state index in [-0.39, 0.29) is 5.25 Å². The lowest BCUT2D eigenvalue weighted by Gasteiger charge is -2.32. The van der Waals surface area contributed by atoms with Gasteiger partial charge in [-0.2, -0.15) is 0 Å². The SMILES string of the molecule is COc1cccc(N2CCC(S(C)(=O)=O)CC2)c1. The molecule has 2 rings (SSSR count). The Labute approximate surface area is 108 Å². The highest BCUT2D eigenvalue weighted by Gasteiger charge is 2.26. The summed E-state index contributed by atoms with van der Waals surface area (Å²) < 4.78 is 28.2. The number of rotatable bonds is 3. The fourth-order valence-electron chi connectivity index (χ4n) is 2.35. The molecule has 1 aliphatic rings.